The summed E-state index contributed by atoms with van der Waals surface area (Å²) in [5.41, 5.74) is 0.634. The van der Waals surface area contributed by atoms with E-state index in [1.54, 1.807) is 42.5 Å². The number of para-hydroxylation sites is 1. The van der Waals surface area contributed by atoms with Crippen molar-refractivity contribution in [3.8, 4) is 0 Å². The van der Waals surface area contributed by atoms with E-state index >= 15 is 0 Å². The highest BCUT2D eigenvalue weighted by atomic mass is 32.2. The Morgan fingerprint density at radius 3 is 2.26 bits per heavy atom. The Kier molecular flexibility index (Phi) is 3.79. The summed E-state index contributed by atoms with van der Waals surface area (Å²) in [7, 11) is -3.93. The number of fused-ring (bicyclic) bond motifs is 1. The van der Waals surface area contributed by atoms with Crippen LogP contribution in [0.5, 0.6) is 0 Å². The molecule has 118 valence electrons. The SMILES string of the molecule is CC(O)c1c(C=O)c2ccccc2n1S(=O)(=O)c1ccccc1. The molecule has 3 rings (SSSR count). The van der Waals surface area contributed by atoms with Gasteiger partial charge in [-0.1, -0.05) is 36.4 Å². The van der Waals surface area contributed by atoms with E-state index < -0.39 is 16.1 Å². The fraction of sp³-hybridized carbons (Fsp3) is 0.118. The molecule has 0 saturated carbocycles. The summed E-state index contributed by atoms with van der Waals surface area (Å²) in [6, 6.07) is 14.6. The molecule has 0 aliphatic rings. The number of aliphatic hydroxyl groups excluding tert-OH is 1. The van der Waals surface area contributed by atoms with Gasteiger partial charge in [0.1, 0.15) is 0 Å². The number of benzene rings is 2. The maximum Gasteiger partial charge on any atom is 0.268 e. The van der Waals surface area contributed by atoms with Crippen molar-refractivity contribution in [2.45, 2.75) is 17.9 Å². The Labute approximate surface area is 133 Å². The maximum absolute atomic E-state index is 13.0. The molecule has 0 aliphatic carbocycles. The number of aldehydes is 1. The topological polar surface area (TPSA) is 76.4 Å². The zero-order valence-corrected chi connectivity index (χ0v) is 13.2. The first-order valence-electron chi connectivity index (χ1n) is 7.05. The molecule has 1 atom stereocenters. The van der Waals surface area contributed by atoms with Crippen LogP contribution in [0, 0.1) is 0 Å². The first-order chi connectivity index (χ1) is 11.0. The van der Waals surface area contributed by atoms with Crippen molar-refractivity contribution in [3.63, 3.8) is 0 Å². The van der Waals surface area contributed by atoms with Crippen LogP contribution in [0.1, 0.15) is 29.1 Å². The summed E-state index contributed by atoms with van der Waals surface area (Å²) in [6.45, 7) is 1.44. The van der Waals surface area contributed by atoms with Gasteiger partial charge >= 0.3 is 0 Å². The molecule has 1 N–H and O–H groups in total. The molecule has 5 nitrogen and oxygen atoms in total. The summed E-state index contributed by atoms with van der Waals surface area (Å²) in [5, 5.41) is 10.6. The first kappa shape index (κ1) is 15.5. The summed E-state index contributed by atoms with van der Waals surface area (Å²) in [4.78, 5) is 11.6. The van der Waals surface area contributed by atoms with E-state index in [0.717, 1.165) is 3.97 Å². The number of nitrogens with zero attached hydrogens (tertiary/aromatic N) is 1. The highest BCUT2D eigenvalue weighted by Crippen LogP contribution is 2.32. The number of rotatable bonds is 4. The van der Waals surface area contributed by atoms with Crippen LogP contribution in [0.2, 0.25) is 0 Å². The Morgan fingerprint density at radius 1 is 1.04 bits per heavy atom. The van der Waals surface area contributed by atoms with Gasteiger partial charge in [-0.15, -0.1) is 0 Å². The van der Waals surface area contributed by atoms with Crippen LogP contribution in [0.15, 0.2) is 59.5 Å². The summed E-state index contributed by atoms with van der Waals surface area (Å²) >= 11 is 0. The highest BCUT2D eigenvalue weighted by molar-refractivity contribution is 7.90. The molecular formula is C17H15NO4S. The quantitative estimate of drug-likeness (QED) is 0.747. The number of aliphatic hydroxyl groups is 1. The van der Waals surface area contributed by atoms with Gasteiger partial charge < -0.3 is 5.11 Å². The van der Waals surface area contributed by atoms with E-state index in [0.29, 0.717) is 17.2 Å². The van der Waals surface area contributed by atoms with E-state index in [-0.39, 0.29) is 16.2 Å². The Morgan fingerprint density at radius 2 is 1.65 bits per heavy atom. The van der Waals surface area contributed by atoms with Gasteiger partial charge in [-0.25, -0.2) is 12.4 Å². The molecule has 0 bridgehead atoms. The minimum Gasteiger partial charge on any atom is -0.387 e. The van der Waals surface area contributed by atoms with Crippen molar-refractivity contribution in [2.75, 3.05) is 0 Å². The lowest BCUT2D eigenvalue weighted by atomic mass is 10.1. The Bertz CT molecular complexity index is 973. The lowest BCUT2D eigenvalue weighted by Gasteiger charge is -2.14. The maximum atomic E-state index is 13.0. The molecule has 0 radical (unpaired) electrons. The molecule has 1 aromatic heterocycles. The second-order valence-corrected chi connectivity index (χ2v) is 6.98. The summed E-state index contributed by atoms with van der Waals surface area (Å²) < 4.78 is 27.1. The predicted octanol–water partition coefficient (Wildman–Crippen LogP) is 2.74. The molecule has 23 heavy (non-hydrogen) atoms. The highest BCUT2D eigenvalue weighted by Gasteiger charge is 2.28. The lowest BCUT2D eigenvalue weighted by Crippen LogP contribution is -2.17. The van der Waals surface area contributed by atoms with Crippen molar-refractivity contribution in [1.82, 2.24) is 3.97 Å². The van der Waals surface area contributed by atoms with E-state index in [4.69, 9.17) is 0 Å². The van der Waals surface area contributed by atoms with E-state index in [1.807, 2.05) is 0 Å². The van der Waals surface area contributed by atoms with Gasteiger partial charge in [-0.05, 0) is 25.1 Å². The third kappa shape index (κ3) is 2.36. The minimum absolute atomic E-state index is 0.0741. The number of carbonyl (C=O) groups excluding carboxylic acids is 1. The average Bonchev–Trinajstić information content (AvgIpc) is 2.91. The van der Waals surface area contributed by atoms with Gasteiger partial charge in [-0.2, -0.15) is 0 Å². The smallest absolute Gasteiger partial charge is 0.268 e. The van der Waals surface area contributed by atoms with Crippen LogP contribution in [-0.2, 0) is 10.0 Å². The molecule has 2 aromatic carbocycles. The van der Waals surface area contributed by atoms with Crippen LogP contribution >= 0.6 is 0 Å². The van der Waals surface area contributed by atoms with Crippen molar-refractivity contribution >= 4 is 27.2 Å². The molecule has 0 aliphatic heterocycles. The van der Waals surface area contributed by atoms with Gasteiger partial charge in [0.25, 0.3) is 10.0 Å². The Balaban J connectivity index is 2.46. The number of hydrogen-bond acceptors (Lipinski definition) is 4. The van der Waals surface area contributed by atoms with Crippen LogP contribution in [0.4, 0.5) is 0 Å². The van der Waals surface area contributed by atoms with Crippen LogP contribution < -0.4 is 0 Å². The summed E-state index contributed by atoms with van der Waals surface area (Å²) in [6.07, 6.45) is -0.525. The normalized spacial score (nSPS) is 13.1. The third-order valence-corrected chi connectivity index (χ3v) is 5.44. The largest absolute Gasteiger partial charge is 0.387 e. The molecule has 0 amide bonds. The van der Waals surface area contributed by atoms with Crippen LogP contribution in [0.25, 0.3) is 10.9 Å². The van der Waals surface area contributed by atoms with Gasteiger partial charge in [0.2, 0.25) is 0 Å². The number of aromatic nitrogens is 1. The minimum atomic E-state index is -3.93. The van der Waals surface area contributed by atoms with Gasteiger partial charge in [0.05, 0.1) is 22.2 Å². The van der Waals surface area contributed by atoms with Crippen molar-refractivity contribution in [2.24, 2.45) is 0 Å². The molecule has 0 saturated heterocycles. The predicted molar refractivity (Wildman–Crippen MR) is 87.0 cm³/mol. The zero-order chi connectivity index (χ0) is 16.6. The molecule has 0 spiro atoms. The standard InChI is InChI=1S/C17H15NO4S/c1-12(20)17-15(11-19)14-9-5-6-10-16(14)18(17)23(21,22)13-7-3-2-4-8-13/h2-12,20H,1H3. The number of hydrogen-bond donors (Lipinski definition) is 1. The Hall–Kier alpha value is -2.44. The van der Waals surface area contributed by atoms with Crippen LogP contribution in [-0.4, -0.2) is 23.8 Å². The molecule has 0 fully saturated rings. The number of carbonyl (C=O) groups is 1. The molecule has 6 heteroatoms. The second kappa shape index (κ2) is 5.64. The van der Waals surface area contributed by atoms with Gasteiger partial charge in [0, 0.05) is 10.9 Å². The second-order valence-electron chi connectivity index (χ2n) is 5.19. The van der Waals surface area contributed by atoms with E-state index in [2.05, 4.69) is 0 Å². The fourth-order valence-corrected chi connectivity index (χ4v) is 4.37. The van der Waals surface area contributed by atoms with Gasteiger partial charge in [0.15, 0.2) is 6.29 Å². The molecule has 1 unspecified atom stereocenters. The summed E-state index contributed by atoms with van der Waals surface area (Å²) in [5.74, 6) is 0. The fourth-order valence-electron chi connectivity index (χ4n) is 2.73. The van der Waals surface area contributed by atoms with Gasteiger partial charge in [-0.3, -0.25) is 4.79 Å². The molecular weight excluding hydrogens is 314 g/mol. The third-order valence-electron chi connectivity index (χ3n) is 3.70. The average molecular weight is 329 g/mol. The zero-order valence-electron chi connectivity index (χ0n) is 12.4. The lowest BCUT2D eigenvalue weighted by molar-refractivity contribution is 0.111. The monoisotopic (exact) mass is 329 g/mol. The van der Waals surface area contributed by atoms with E-state index in [9.17, 15) is 18.3 Å². The molecule has 1 heterocycles. The first-order valence-corrected chi connectivity index (χ1v) is 8.49. The van der Waals surface area contributed by atoms with Crippen molar-refractivity contribution in [1.29, 1.82) is 0 Å². The molecule has 3 aromatic rings. The van der Waals surface area contributed by atoms with E-state index in [1.165, 1.54) is 19.1 Å². The van der Waals surface area contributed by atoms with Crippen molar-refractivity contribution in [3.05, 3.63) is 65.9 Å². The van der Waals surface area contributed by atoms with Crippen molar-refractivity contribution < 1.29 is 18.3 Å². The van der Waals surface area contributed by atoms with Crippen LogP contribution in [0.3, 0.4) is 0 Å².